The van der Waals surface area contributed by atoms with Crippen LogP contribution in [0.2, 0.25) is 0 Å². The van der Waals surface area contributed by atoms with Crippen LogP contribution < -0.4 is 0 Å². The first-order chi connectivity index (χ1) is 14.1. The minimum Gasteiger partial charge on any atom is -0.307 e. The number of aromatic nitrogens is 2. The second-order valence-electron chi connectivity index (χ2n) is 7.78. The van der Waals surface area contributed by atoms with Crippen molar-refractivity contribution in [2.75, 3.05) is 0 Å². The molecule has 0 radical (unpaired) electrons. The van der Waals surface area contributed by atoms with Crippen LogP contribution in [0.4, 0.5) is 0 Å². The number of pyridine rings is 1. The number of imidazole rings is 1. The minimum absolute atomic E-state index is 0.00966. The number of nitrogens with zero attached hydrogens (tertiary/aromatic N) is 2. The lowest BCUT2D eigenvalue weighted by molar-refractivity contribution is -0.118. The molecule has 0 saturated heterocycles. The molecule has 0 saturated carbocycles. The first-order valence-electron chi connectivity index (χ1n) is 10.5. The Kier molecular flexibility index (Phi) is 5.70. The van der Waals surface area contributed by atoms with Crippen LogP contribution in [-0.4, -0.2) is 21.0 Å². The monoisotopic (exact) mass is 386 g/mol. The van der Waals surface area contributed by atoms with Crippen molar-refractivity contribution in [2.24, 2.45) is 5.92 Å². The Morgan fingerprint density at radius 1 is 1.10 bits per heavy atom. The predicted molar refractivity (Wildman–Crippen MR) is 115 cm³/mol. The molecular weight excluding hydrogens is 360 g/mol. The summed E-state index contributed by atoms with van der Waals surface area (Å²) in [6.07, 6.45) is 20.7. The molecule has 1 atom stereocenters. The van der Waals surface area contributed by atoms with Gasteiger partial charge in [-0.25, -0.2) is 4.98 Å². The van der Waals surface area contributed by atoms with E-state index in [1.807, 2.05) is 42.6 Å². The molecule has 4 nitrogen and oxygen atoms in total. The number of Topliss-reactive ketones (excluding diaryl/α,β-unsaturated/α-hetero) is 1. The molecule has 0 N–H and O–H groups in total. The van der Waals surface area contributed by atoms with Gasteiger partial charge in [-0.1, -0.05) is 50.1 Å². The lowest BCUT2D eigenvalue weighted by Gasteiger charge is -2.19. The number of allylic oxidation sites excluding steroid dienone is 8. The Morgan fingerprint density at radius 2 is 2.00 bits per heavy atom. The smallest absolute Gasteiger partial charge is 0.167 e. The zero-order valence-corrected chi connectivity index (χ0v) is 16.8. The summed E-state index contributed by atoms with van der Waals surface area (Å²) in [7, 11) is 0. The summed E-state index contributed by atoms with van der Waals surface area (Å²) in [4.78, 5) is 29.6. The van der Waals surface area contributed by atoms with Crippen LogP contribution in [0.15, 0.2) is 72.1 Å². The Bertz CT molecular complexity index is 1070. The molecule has 0 aliphatic heterocycles. The largest absolute Gasteiger partial charge is 0.307 e. The van der Waals surface area contributed by atoms with Gasteiger partial charge in [-0.2, -0.15) is 0 Å². The zero-order valence-electron chi connectivity index (χ0n) is 16.8. The number of ketones is 2. The maximum Gasteiger partial charge on any atom is 0.167 e. The highest BCUT2D eigenvalue weighted by atomic mass is 16.1. The van der Waals surface area contributed by atoms with E-state index in [9.17, 15) is 9.59 Å². The number of hydrogen-bond donors (Lipinski definition) is 0. The highest BCUT2D eigenvalue weighted by Gasteiger charge is 2.25. The molecule has 0 amide bonds. The van der Waals surface area contributed by atoms with Crippen molar-refractivity contribution in [2.45, 2.75) is 45.4 Å². The van der Waals surface area contributed by atoms with Crippen LogP contribution in [0.1, 0.15) is 43.9 Å². The number of fused-ring (bicyclic) bond motifs is 2. The van der Waals surface area contributed by atoms with E-state index >= 15 is 0 Å². The third-order valence-electron chi connectivity index (χ3n) is 5.55. The van der Waals surface area contributed by atoms with Gasteiger partial charge in [0.2, 0.25) is 0 Å². The predicted octanol–water partition coefficient (Wildman–Crippen LogP) is 4.75. The zero-order chi connectivity index (χ0) is 20.2. The Morgan fingerprint density at radius 3 is 2.86 bits per heavy atom. The van der Waals surface area contributed by atoms with Crippen molar-refractivity contribution in [1.29, 1.82) is 0 Å². The van der Waals surface area contributed by atoms with Gasteiger partial charge in [-0.3, -0.25) is 9.59 Å². The van der Waals surface area contributed by atoms with Crippen molar-refractivity contribution in [3.63, 3.8) is 0 Å². The van der Waals surface area contributed by atoms with E-state index in [1.54, 1.807) is 0 Å². The van der Waals surface area contributed by atoms with Crippen LogP contribution in [0.5, 0.6) is 0 Å². The van der Waals surface area contributed by atoms with Gasteiger partial charge in [-0.15, -0.1) is 0 Å². The van der Waals surface area contributed by atoms with Gasteiger partial charge < -0.3 is 4.40 Å². The summed E-state index contributed by atoms with van der Waals surface area (Å²) >= 11 is 0. The number of carbonyl (C=O) groups excluding carboxylic acids is 2. The molecule has 2 aliphatic rings. The average Bonchev–Trinajstić information content (AvgIpc) is 3.14. The van der Waals surface area contributed by atoms with Crippen molar-refractivity contribution >= 4 is 17.2 Å². The molecule has 0 spiro atoms. The van der Waals surface area contributed by atoms with Crippen LogP contribution >= 0.6 is 0 Å². The molecule has 4 heteroatoms. The molecule has 2 aromatic rings. The van der Waals surface area contributed by atoms with E-state index in [4.69, 9.17) is 0 Å². The van der Waals surface area contributed by atoms with E-state index in [2.05, 4.69) is 28.6 Å². The summed E-state index contributed by atoms with van der Waals surface area (Å²) in [5, 5.41) is 0. The minimum atomic E-state index is -0.235. The van der Waals surface area contributed by atoms with Gasteiger partial charge in [0.15, 0.2) is 11.6 Å². The molecule has 4 rings (SSSR count). The number of carbonyl (C=O) groups is 2. The molecule has 148 valence electrons. The second kappa shape index (κ2) is 8.56. The summed E-state index contributed by atoms with van der Waals surface area (Å²) in [5.41, 5.74) is 4.52. The second-order valence-corrected chi connectivity index (χ2v) is 7.78. The van der Waals surface area contributed by atoms with Gasteiger partial charge in [0, 0.05) is 24.4 Å². The number of aryl methyl sites for hydroxylation is 2. The molecule has 1 unspecified atom stereocenters. The molecule has 29 heavy (non-hydrogen) atoms. The van der Waals surface area contributed by atoms with E-state index in [0.717, 1.165) is 23.3 Å². The average molecular weight is 386 g/mol. The maximum atomic E-state index is 12.7. The Hall–Kier alpha value is -3.01. The van der Waals surface area contributed by atoms with E-state index in [0.29, 0.717) is 18.4 Å². The molecular formula is C25H26N2O2. The normalized spacial score (nSPS) is 18.0. The van der Waals surface area contributed by atoms with Gasteiger partial charge in [0.25, 0.3) is 0 Å². The SMILES string of the molecule is CCCCCc1ccc2nc(CCC(=O)C3=CC(=O)C4C=CC=CC4=C3)cn2c1. The molecule has 0 aromatic carbocycles. The van der Waals surface area contributed by atoms with E-state index in [1.165, 1.54) is 30.9 Å². The Balaban J connectivity index is 1.41. The maximum absolute atomic E-state index is 12.7. The van der Waals surface area contributed by atoms with Gasteiger partial charge in [0.05, 0.1) is 11.6 Å². The van der Waals surface area contributed by atoms with E-state index < -0.39 is 0 Å². The first kappa shape index (κ1) is 19.3. The fourth-order valence-corrected chi connectivity index (χ4v) is 3.90. The summed E-state index contributed by atoms with van der Waals surface area (Å²) in [5.74, 6) is -0.263. The van der Waals surface area contributed by atoms with Crippen molar-refractivity contribution < 1.29 is 9.59 Å². The number of rotatable bonds is 8. The van der Waals surface area contributed by atoms with Gasteiger partial charge >= 0.3 is 0 Å². The fraction of sp³-hybridized carbons (Fsp3) is 0.320. The molecule has 2 aromatic heterocycles. The molecule has 2 heterocycles. The first-order valence-corrected chi connectivity index (χ1v) is 10.5. The Labute approximate surface area is 171 Å². The van der Waals surface area contributed by atoms with Crippen LogP contribution in [-0.2, 0) is 22.4 Å². The van der Waals surface area contributed by atoms with E-state index in [-0.39, 0.29) is 17.5 Å². The van der Waals surface area contributed by atoms with Crippen molar-refractivity contribution in [1.82, 2.24) is 9.38 Å². The molecule has 2 aliphatic carbocycles. The fourth-order valence-electron chi connectivity index (χ4n) is 3.90. The molecule has 0 bridgehead atoms. The lowest BCUT2D eigenvalue weighted by Crippen LogP contribution is -2.19. The van der Waals surface area contributed by atoms with Crippen molar-refractivity contribution in [3.8, 4) is 0 Å². The topological polar surface area (TPSA) is 51.4 Å². The lowest BCUT2D eigenvalue weighted by atomic mass is 9.83. The van der Waals surface area contributed by atoms with Crippen LogP contribution in [0.3, 0.4) is 0 Å². The van der Waals surface area contributed by atoms with Gasteiger partial charge in [-0.05, 0) is 48.6 Å². The summed E-state index contributed by atoms with van der Waals surface area (Å²) in [6, 6.07) is 4.18. The van der Waals surface area contributed by atoms with Crippen molar-refractivity contribution in [3.05, 3.63) is 83.4 Å². The third kappa shape index (κ3) is 4.37. The van der Waals surface area contributed by atoms with Crippen LogP contribution in [0.25, 0.3) is 5.65 Å². The third-order valence-corrected chi connectivity index (χ3v) is 5.55. The quantitative estimate of drug-likeness (QED) is 0.616. The number of unbranched alkanes of at least 4 members (excludes halogenated alkanes) is 2. The van der Waals surface area contributed by atoms with Crippen LogP contribution in [0, 0.1) is 5.92 Å². The highest BCUT2D eigenvalue weighted by molar-refractivity contribution is 6.09. The standard InChI is InChI=1S/C25H26N2O2/c1-2-3-4-7-18-10-13-25-26-21(17-27(25)16-18)11-12-23(28)20-14-19-8-5-6-9-22(19)24(29)15-20/h5-6,8-10,13-17,22H,2-4,7,11-12H2,1H3. The molecule has 0 fully saturated rings. The summed E-state index contributed by atoms with van der Waals surface area (Å²) < 4.78 is 2.05. The highest BCUT2D eigenvalue weighted by Crippen LogP contribution is 2.27. The van der Waals surface area contributed by atoms with Gasteiger partial charge in [0.1, 0.15) is 5.65 Å². The number of hydrogen-bond acceptors (Lipinski definition) is 3. The summed E-state index contributed by atoms with van der Waals surface area (Å²) in [6.45, 7) is 2.21.